The molecule has 7 saturated carbocycles. The third-order valence-electron chi connectivity index (χ3n) is 10.1. The standard InChI is InChI=1S/C23H24N2O2/c26-21-17-14-8-15-18-16(14)20(21)23(18,19(15)17)22(27)24-11-2-5-12(6-3-11)25-9-10-1-4-13(25)7-10/h2-3,5-6,10,13-20H,1,4,7-9H2,(H,24,27). The number of fused-ring (bicyclic) bond motifs is 2. The Kier molecular flexibility index (Phi) is 2.16. The summed E-state index contributed by atoms with van der Waals surface area (Å²) in [7, 11) is 0. The first-order valence-electron chi connectivity index (χ1n) is 10.9. The highest BCUT2D eigenvalue weighted by Crippen LogP contribution is 2.92. The van der Waals surface area contributed by atoms with Gasteiger partial charge in [0.2, 0.25) is 5.91 Å². The SMILES string of the molecule is O=C1C2C3CC4C2C2(C(=O)Nc5ccc(N6CC7CCC6C7)cc5)C1C3C42. The van der Waals surface area contributed by atoms with Crippen LogP contribution in [-0.4, -0.2) is 24.3 Å². The first-order valence-corrected chi connectivity index (χ1v) is 10.9. The van der Waals surface area contributed by atoms with Gasteiger partial charge in [-0.15, -0.1) is 0 Å². The average molecular weight is 360 g/mol. The van der Waals surface area contributed by atoms with Gasteiger partial charge in [0.05, 0.1) is 5.41 Å². The number of carbonyl (C=O) groups is 2. The predicted molar refractivity (Wildman–Crippen MR) is 100 cm³/mol. The van der Waals surface area contributed by atoms with E-state index >= 15 is 0 Å². The van der Waals surface area contributed by atoms with E-state index in [9.17, 15) is 9.59 Å². The number of anilines is 2. The minimum Gasteiger partial charge on any atom is -0.368 e. The molecule has 1 saturated heterocycles. The van der Waals surface area contributed by atoms with Gasteiger partial charge in [-0.3, -0.25) is 9.59 Å². The molecule has 4 nitrogen and oxygen atoms in total. The second-order valence-corrected chi connectivity index (χ2v) is 10.5. The maximum atomic E-state index is 13.3. The topological polar surface area (TPSA) is 49.4 Å². The molecule has 10 unspecified atom stereocenters. The Labute approximate surface area is 158 Å². The smallest absolute Gasteiger partial charge is 0.231 e. The highest BCUT2D eigenvalue weighted by Gasteiger charge is 2.96. The summed E-state index contributed by atoms with van der Waals surface area (Å²) in [5.41, 5.74) is 1.88. The summed E-state index contributed by atoms with van der Waals surface area (Å²) >= 11 is 0. The number of hydrogen-bond donors (Lipinski definition) is 1. The molecule has 8 fully saturated rings. The van der Waals surface area contributed by atoms with Crippen molar-refractivity contribution in [2.24, 2.45) is 52.8 Å². The Balaban J connectivity index is 1.05. The molecule has 8 aliphatic rings. The Morgan fingerprint density at radius 3 is 2.63 bits per heavy atom. The van der Waals surface area contributed by atoms with Crippen molar-refractivity contribution in [1.29, 1.82) is 0 Å². The predicted octanol–water partition coefficient (Wildman–Crippen LogP) is 2.94. The molecule has 4 heteroatoms. The minimum absolute atomic E-state index is 0.0701. The number of carbonyl (C=O) groups excluding carboxylic acids is 2. The molecule has 10 atom stereocenters. The zero-order valence-electron chi connectivity index (χ0n) is 15.3. The molecule has 27 heavy (non-hydrogen) atoms. The summed E-state index contributed by atoms with van der Waals surface area (Å²) in [6.07, 6.45) is 5.30. The monoisotopic (exact) mass is 360 g/mol. The highest BCUT2D eigenvalue weighted by atomic mass is 16.2. The van der Waals surface area contributed by atoms with Gasteiger partial charge in [-0.2, -0.15) is 0 Å². The molecule has 1 amide bonds. The fourth-order valence-corrected chi connectivity index (χ4v) is 9.64. The van der Waals surface area contributed by atoms with Gasteiger partial charge in [0.15, 0.2) is 0 Å². The molecule has 1 heterocycles. The van der Waals surface area contributed by atoms with Gasteiger partial charge in [-0.05, 0) is 85.5 Å². The summed E-state index contributed by atoms with van der Waals surface area (Å²) in [6.45, 7) is 1.19. The zero-order chi connectivity index (χ0) is 17.7. The second-order valence-electron chi connectivity index (χ2n) is 10.5. The second kappa shape index (κ2) is 4.11. The number of nitrogens with one attached hydrogen (secondary N) is 1. The van der Waals surface area contributed by atoms with E-state index in [1.54, 1.807) is 0 Å². The van der Waals surface area contributed by atoms with Crippen LogP contribution in [0, 0.1) is 52.8 Å². The van der Waals surface area contributed by atoms with Crippen LogP contribution in [0.3, 0.4) is 0 Å². The van der Waals surface area contributed by atoms with Crippen LogP contribution in [0.15, 0.2) is 24.3 Å². The van der Waals surface area contributed by atoms with Crippen molar-refractivity contribution < 1.29 is 9.59 Å². The van der Waals surface area contributed by atoms with Crippen LogP contribution >= 0.6 is 0 Å². The van der Waals surface area contributed by atoms with Crippen LogP contribution in [-0.2, 0) is 9.59 Å². The lowest BCUT2D eigenvalue weighted by Gasteiger charge is -2.70. The van der Waals surface area contributed by atoms with Crippen molar-refractivity contribution in [3.63, 3.8) is 0 Å². The summed E-state index contributed by atoms with van der Waals surface area (Å²) in [4.78, 5) is 28.5. The summed E-state index contributed by atoms with van der Waals surface area (Å²) in [5.74, 6) is 4.60. The van der Waals surface area contributed by atoms with E-state index in [0.717, 1.165) is 17.6 Å². The van der Waals surface area contributed by atoms with Crippen LogP contribution in [0.5, 0.6) is 0 Å². The summed E-state index contributed by atoms with van der Waals surface area (Å²) in [5, 5.41) is 3.21. The quantitative estimate of drug-likeness (QED) is 0.902. The van der Waals surface area contributed by atoms with Crippen molar-refractivity contribution in [3.05, 3.63) is 24.3 Å². The normalized spacial score (nSPS) is 53.9. The molecule has 1 N–H and O–H groups in total. The van der Waals surface area contributed by atoms with Crippen LogP contribution in [0.4, 0.5) is 11.4 Å². The van der Waals surface area contributed by atoms with Crippen LogP contribution in [0.2, 0.25) is 0 Å². The lowest BCUT2D eigenvalue weighted by atomic mass is 9.31. The van der Waals surface area contributed by atoms with Crippen LogP contribution in [0.1, 0.15) is 25.7 Å². The van der Waals surface area contributed by atoms with Crippen molar-refractivity contribution >= 4 is 23.1 Å². The van der Waals surface area contributed by atoms with Gasteiger partial charge in [0.1, 0.15) is 5.78 Å². The van der Waals surface area contributed by atoms with Gasteiger partial charge in [0.25, 0.3) is 0 Å². The Hall–Kier alpha value is -1.84. The Morgan fingerprint density at radius 1 is 1.07 bits per heavy atom. The number of hydrogen-bond acceptors (Lipinski definition) is 3. The lowest BCUT2D eigenvalue weighted by Crippen LogP contribution is -2.74. The third-order valence-corrected chi connectivity index (χ3v) is 10.1. The van der Waals surface area contributed by atoms with Gasteiger partial charge < -0.3 is 10.2 Å². The molecule has 1 aromatic carbocycles. The van der Waals surface area contributed by atoms with Crippen molar-refractivity contribution in [2.75, 3.05) is 16.8 Å². The fraction of sp³-hybridized carbons (Fsp3) is 0.652. The maximum absolute atomic E-state index is 13.3. The van der Waals surface area contributed by atoms with Gasteiger partial charge in [-0.25, -0.2) is 0 Å². The first-order chi connectivity index (χ1) is 13.2. The molecule has 7 aliphatic carbocycles. The number of ketones is 1. The average Bonchev–Trinajstić information content (AvgIpc) is 3.43. The van der Waals surface area contributed by atoms with Gasteiger partial charge in [-0.1, -0.05) is 0 Å². The Bertz CT molecular complexity index is 925. The van der Waals surface area contributed by atoms with Crippen LogP contribution < -0.4 is 10.2 Å². The minimum atomic E-state index is -0.309. The van der Waals surface area contributed by atoms with Crippen LogP contribution in [0.25, 0.3) is 0 Å². The number of amides is 1. The van der Waals surface area contributed by atoms with E-state index in [4.69, 9.17) is 0 Å². The zero-order valence-corrected chi connectivity index (χ0v) is 15.3. The lowest BCUT2D eigenvalue weighted by molar-refractivity contribution is -0.245. The van der Waals surface area contributed by atoms with E-state index < -0.39 is 0 Å². The van der Waals surface area contributed by atoms with Gasteiger partial charge >= 0.3 is 0 Å². The van der Waals surface area contributed by atoms with E-state index in [-0.39, 0.29) is 23.2 Å². The number of piperidine rings is 1. The van der Waals surface area contributed by atoms with E-state index in [1.165, 1.54) is 37.9 Å². The molecule has 6 bridgehead atoms. The summed E-state index contributed by atoms with van der Waals surface area (Å²) < 4.78 is 0. The summed E-state index contributed by atoms with van der Waals surface area (Å²) in [6, 6.07) is 9.18. The van der Waals surface area contributed by atoms with Gasteiger partial charge in [0, 0.05) is 35.8 Å². The van der Waals surface area contributed by atoms with Crippen molar-refractivity contribution in [3.8, 4) is 0 Å². The maximum Gasteiger partial charge on any atom is 0.231 e. The van der Waals surface area contributed by atoms with E-state index in [0.29, 0.717) is 35.4 Å². The fourth-order valence-electron chi connectivity index (χ4n) is 9.64. The molecule has 9 rings (SSSR count). The molecular weight excluding hydrogens is 336 g/mol. The number of nitrogens with zero attached hydrogens (tertiary/aromatic N) is 1. The van der Waals surface area contributed by atoms with E-state index in [2.05, 4.69) is 34.5 Å². The Morgan fingerprint density at radius 2 is 1.93 bits per heavy atom. The number of benzene rings is 1. The molecule has 0 spiro atoms. The highest BCUT2D eigenvalue weighted by molar-refractivity contribution is 6.08. The molecule has 0 aromatic heterocycles. The molecule has 1 aliphatic heterocycles. The number of rotatable bonds is 3. The molecule has 0 radical (unpaired) electrons. The number of Topliss-reactive ketones (excluding diaryl/α,β-unsaturated/α-hetero) is 1. The molecule has 1 aromatic rings. The van der Waals surface area contributed by atoms with Crippen molar-refractivity contribution in [1.82, 2.24) is 0 Å². The molecule has 138 valence electrons. The first kappa shape index (κ1) is 14.2. The van der Waals surface area contributed by atoms with Crippen molar-refractivity contribution in [2.45, 2.75) is 31.7 Å². The third kappa shape index (κ3) is 1.26. The molecular formula is C23H24N2O2. The largest absolute Gasteiger partial charge is 0.368 e. The van der Waals surface area contributed by atoms with E-state index in [1.807, 2.05) is 0 Å².